The van der Waals surface area contributed by atoms with Crippen molar-refractivity contribution in [2.45, 2.75) is 25.4 Å². The highest BCUT2D eigenvalue weighted by molar-refractivity contribution is 5.73. The highest BCUT2D eigenvalue weighted by Crippen LogP contribution is 2.19. The van der Waals surface area contributed by atoms with Gasteiger partial charge in [0.15, 0.2) is 5.76 Å². The van der Waals surface area contributed by atoms with Gasteiger partial charge >= 0.3 is 5.97 Å². The molecule has 1 aromatic rings. The second kappa shape index (κ2) is 3.79. The average Bonchev–Trinajstić information content (AvgIpc) is 2.75. The molecule has 5 heteroatoms. The molecule has 2 heterocycles. The quantitative estimate of drug-likeness (QED) is 0.771. The molecule has 76 valence electrons. The Morgan fingerprint density at radius 1 is 1.79 bits per heavy atom. The topological polar surface area (TPSA) is 66.6 Å². The molecule has 0 aliphatic carbocycles. The Morgan fingerprint density at radius 3 is 3.29 bits per heavy atom. The van der Waals surface area contributed by atoms with Crippen molar-refractivity contribution in [3.05, 3.63) is 18.0 Å². The molecule has 1 aromatic heterocycles. The predicted octanol–water partition coefficient (Wildman–Crippen LogP) is 0.724. The molecule has 1 saturated heterocycles. The van der Waals surface area contributed by atoms with Crippen LogP contribution in [0.5, 0.6) is 0 Å². The predicted molar refractivity (Wildman–Crippen MR) is 47.6 cm³/mol. The smallest absolute Gasteiger partial charge is 0.320 e. The lowest BCUT2D eigenvalue weighted by Crippen LogP contribution is -2.35. The van der Waals surface area contributed by atoms with Crippen LogP contribution in [0.2, 0.25) is 0 Å². The zero-order valence-electron chi connectivity index (χ0n) is 7.72. The highest BCUT2D eigenvalue weighted by Gasteiger charge is 2.30. The van der Waals surface area contributed by atoms with Crippen molar-refractivity contribution >= 4 is 5.97 Å². The van der Waals surface area contributed by atoms with Crippen LogP contribution in [0, 0.1) is 0 Å². The maximum atomic E-state index is 10.9. The molecule has 0 aromatic carbocycles. The number of hydrogen-bond acceptors (Lipinski definition) is 4. The molecule has 0 spiro atoms. The van der Waals surface area contributed by atoms with E-state index in [1.54, 1.807) is 12.3 Å². The zero-order valence-corrected chi connectivity index (χ0v) is 7.72. The van der Waals surface area contributed by atoms with Crippen LogP contribution in [-0.2, 0) is 11.3 Å². The monoisotopic (exact) mass is 196 g/mol. The molecule has 1 atom stereocenters. The van der Waals surface area contributed by atoms with Crippen molar-refractivity contribution in [1.82, 2.24) is 10.1 Å². The summed E-state index contributed by atoms with van der Waals surface area (Å²) in [5, 5.41) is 12.5. The molecule has 1 unspecified atom stereocenters. The van der Waals surface area contributed by atoms with Gasteiger partial charge in [-0.1, -0.05) is 5.16 Å². The number of carboxylic acids is 1. The van der Waals surface area contributed by atoms with Gasteiger partial charge in [-0.3, -0.25) is 9.69 Å². The van der Waals surface area contributed by atoms with Crippen molar-refractivity contribution in [3.63, 3.8) is 0 Å². The van der Waals surface area contributed by atoms with Crippen LogP contribution >= 0.6 is 0 Å². The van der Waals surface area contributed by atoms with E-state index >= 15 is 0 Å². The Bertz CT molecular complexity index is 310. The van der Waals surface area contributed by atoms with Crippen LogP contribution in [0.3, 0.4) is 0 Å². The lowest BCUT2D eigenvalue weighted by atomic mass is 10.2. The second-order valence-electron chi connectivity index (χ2n) is 3.45. The maximum Gasteiger partial charge on any atom is 0.320 e. The summed E-state index contributed by atoms with van der Waals surface area (Å²) < 4.78 is 4.94. The third-order valence-corrected chi connectivity index (χ3v) is 2.50. The van der Waals surface area contributed by atoms with Gasteiger partial charge in [-0.05, 0) is 19.4 Å². The van der Waals surface area contributed by atoms with E-state index in [-0.39, 0.29) is 6.04 Å². The van der Waals surface area contributed by atoms with Crippen molar-refractivity contribution in [2.24, 2.45) is 0 Å². The zero-order chi connectivity index (χ0) is 9.97. The summed E-state index contributed by atoms with van der Waals surface area (Å²) in [4.78, 5) is 12.8. The van der Waals surface area contributed by atoms with Crippen molar-refractivity contribution in [3.8, 4) is 0 Å². The molecular formula is C9H12N2O3. The van der Waals surface area contributed by atoms with Gasteiger partial charge in [-0.15, -0.1) is 0 Å². The second-order valence-corrected chi connectivity index (χ2v) is 3.45. The molecular weight excluding hydrogens is 184 g/mol. The van der Waals surface area contributed by atoms with Crippen LogP contribution in [0.25, 0.3) is 0 Å². The van der Waals surface area contributed by atoms with Gasteiger partial charge in [0.1, 0.15) is 6.04 Å². The van der Waals surface area contributed by atoms with E-state index in [4.69, 9.17) is 9.63 Å². The first kappa shape index (κ1) is 9.21. The van der Waals surface area contributed by atoms with E-state index in [9.17, 15) is 4.79 Å². The lowest BCUT2D eigenvalue weighted by Gasteiger charge is -2.18. The van der Waals surface area contributed by atoms with Crippen LogP contribution in [-0.4, -0.2) is 33.7 Å². The minimum atomic E-state index is -0.748. The summed E-state index contributed by atoms with van der Waals surface area (Å²) in [6, 6.07) is 1.40. The third kappa shape index (κ3) is 1.77. The van der Waals surface area contributed by atoms with Gasteiger partial charge in [0.2, 0.25) is 0 Å². The number of aromatic nitrogens is 1. The van der Waals surface area contributed by atoms with Crippen LogP contribution in [0.15, 0.2) is 16.8 Å². The molecule has 0 radical (unpaired) electrons. The number of rotatable bonds is 3. The molecule has 0 bridgehead atoms. The van der Waals surface area contributed by atoms with E-state index < -0.39 is 5.97 Å². The molecule has 0 amide bonds. The molecule has 1 aliphatic rings. The molecule has 1 aliphatic heterocycles. The van der Waals surface area contributed by atoms with Crippen LogP contribution in [0.4, 0.5) is 0 Å². The van der Waals surface area contributed by atoms with Gasteiger partial charge < -0.3 is 9.63 Å². The van der Waals surface area contributed by atoms with Crippen LogP contribution in [0.1, 0.15) is 18.6 Å². The SMILES string of the molecule is O=C(O)C1CCCN1Cc1ccno1. The summed E-state index contributed by atoms with van der Waals surface area (Å²) in [5.41, 5.74) is 0. The molecule has 14 heavy (non-hydrogen) atoms. The minimum absolute atomic E-state index is 0.361. The summed E-state index contributed by atoms with van der Waals surface area (Å²) >= 11 is 0. The van der Waals surface area contributed by atoms with Gasteiger partial charge in [0.25, 0.3) is 0 Å². The Labute approximate surface area is 81.3 Å². The Morgan fingerprint density at radius 2 is 2.64 bits per heavy atom. The first-order valence-electron chi connectivity index (χ1n) is 4.64. The Kier molecular flexibility index (Phi) is 2.49. The molecule has 1 N–H and O–H groups in total. The largest absolute Gasteiger partial charge is 0.480 e. The Balaban J connectivity index is 2.00. The molecule has 0 saturated carbocycles. The normalized spacial score (nSPS) is 22.7. The third-order valence-electron chi connectivity index (χ3n) is 2.50. The van der Waals surface area contributed by atoms with Crippen LogP contribution < -0.4 is 0 Å². The summed E-state index contributed by atoms with van der Waals surface area (Å²) in [7, 11) is 0. The lowest BCUT2D eigenvalue weighted by molar-refractivity contribution is -0.142. The highest BCUT2D eigenvalue weighted by atomic mass is 16.5. The number of aliphatic carboxylic acids is 1. The van der Waals surface area contributed by atoms with Gasteiger partial charge in [-0.25, -0.2) is 0 Å². The fourth-order valence-electron chi connectivity index (χ4n) is 1.82. The fourth-order valence-corrected chi connectivity index (χ4v) is 1.82. The number of carboxylic acid groups (broad SMARTS) is 1. The standard InChI is InChI=1S/C9H12N2O3/c12-9(13)8-2-1-5-11(8)6-7-3-4-10-14-7/h3-4,8H,1-2,5-6H2,(H,12,13). The first-order chi connectivity index (χ1) is 6.77. The molecule has 1 fully saturated rings. The van der Waals surface area contributed by atoms with E-state index in [0.717, 1.165) is 25.1 Å². The van der Waals surface area contributed by atoms with E-state index in [0.29, 0.717) is 6.54 Å². The van der Waals surface area contributed by atoms with E-state index in [1.165, 1.54) is 0 Å². The summed E-state index contributed by atoms with van der Waals surface area (Å²) in [6.45, 7) is 1.36. The number of nitrogens with zero attached hydrogens (tertiary/aromatic N) is 2. The first-order valence-corrected chi connectivity index (χ1v) is 4.64. The minimum Gasteiger partial charge on any atom is -0.480 e. The Hall–Kier alpha value is -1.36. The maximum absolute atomic E-state index is 10.9. The molecule has 5 nitrogen and oxygen atoms in total. The average molecular weight is 196 g/mol. The number of carbonyl (C=O) groups is 1. The van der Waals surface area contributed by atoms with Gasteiger partial charge in [-0.2, -0.15) is 0 Å². The summed E-state index contributed by atoms with van der Waals surface area (Å²) in [6.07, 6.45) is 3.23. The molecule has 2 rings (SSSR count). The summed E-state index contributed by atoms with van der Waals surface area (Å²) in [5.74, 6) is -0.0276. The van der Waals surface area contributed by atoms with Crippen molar-refractivity contribution in [1.29, 1.82) is 0 Å². The van der Waals surface area contributed by atoms with Gasteiger partial charge in [0.05, 0.1) is 12.7 Å². The van der Waals surface area contributed by atoms with Crippen molar-refractivity contribution in [2.75, 3.05) is 6.54 Å². The number of likely N-dealkylation sites (tertiary alicyclic amines) is 1. The van der Waals surface area contributed by atoms with Crippen molar-refractivity contribution < 1.29 is 14.4 Å². The van der Waals surface area contributed by atoms with E-state index in [1.807, 2.05) is 4.90 Å². The van der Waals surface area contributed by atoms with E-state index in [2.05, 4.69) is 5.16 Å². The van der Waals surface area contributed by atoms with Gasteiger partial charge in [0, 0.05) is 6.07 Å². The number of hydrogen-bond donors (Lipinski definition) is 1. The fraction of sp³-hybridized carbons (Fsp3) is 0.556.